The van der Waals surface area contributed by atoms with Crippen LogP contribution in [-0.2, 0) is 30.8 Å². The molecule has 0 aliphatic heterocycles. The van der Waals surface area contributed by atoms with E-state index in [0.29, 0.717) is 5.39 Å². The Morgan fingerprint density at radius 1 is 0.976 bits per heavy atom. The van der Waals surface area contributed by atoms with Crippen molar-refractivity contribution in [2.24, 2.45) is 11.7 Å². The number of nitrogens with zero attached hydrogens (tertiary/aromatic N) is 1. The maximum Gasteiger partial charge on any atom is 0.328 e. The smallest absolute Gasteiger partial charge is 0.328 e. The van der Waals surface area contributed by atoms with Crippen molar-refractivity contribution in [1.29, 1.82) is 0 Å². The summed E-state index contributed by atoms with van der Waals surface area (Å²) < 4.78 is 34.0. The van der Waals surface area contributed by atoms with E-state index >= 15 is 0 Å². The van der Waals surface area contributed by atoms with E-state index in [1.54, 1.807) is 18.2 Å². The Labute approximate surface area is 241 Å². The quantitative estimate of drug-likeness (QED) is 0.166. The van der Waals surface area contributed by atoms with Gasteiger partial charge >= 0.3 is 5.97 Å². The Kier molecular flexibility index (Phi) is 11.2. The van der Waals surface area contributed by atoms with E-state index in [1.807, 2.05) is 75.3 Å². The van der Waals surface area contributed by atoms with Gasteiger partial charge in [0.2, 0.25) is 10.0 Å². The number of anilines is 1. The van der Waals surface area contributed by atoms with Crippen LogP contribution in [0.15, 0.2) is 71.6 Å². The molecule has 0 saturated carbocycles. The maximum atomic E-state index is 13.1. The Morgan fingerprint density at radius 3 is 2.29 bits per heavy atom. The Hall–Kier alpha value is -3.51. The number of fused-ring (bicyclic) bond motifs is 1. The molecule has 0 bridgehead atoms. The third-order valence-electron chi connectivity index (χ3n) is 6.57. The molecule has 3 aromatic rings. The predicted molar refractivity (Wildman–Crippen MR) is 160 cm³/mol. The van der Waals surface area contributed by atoms with Gasteiger partial charge in [-0.05, 0) is 36.5 Å². The third kappa shape index (κ3) is 8.74. The minimum absolute atomic E-state index is 0.0277. The Bertz CT molecular complexity index is 1430. The van der Waals surface area contributed by atoms with Crippen LogP contribution in [-0.4, -0.2) is 70.8 Å². The summed E-state index contributed by atoms with van der Waals surface area (Å²) in [5.41, 5.74) is 7.81. The number of aliphatic hydroxyl groups is 1. The second-order valence-corrected chi connectivity index (χ2v) is 12.3. The van der Waals surface area contributed by atoms with Gasteiger partial charge in [0.05, 0.1) is 4.90 Å². The molecule has 5 N–H and O–H groups in total. The highest BCUT2D eigenvalue weighted by Gasteiger charge is 2.29. The van der Waals surface area contributed by atoms with Crippen LogP contribution in [0.2, 0.25) is 0 Å². The molecule has 222 valence electrons. The number of nitrogens with one attached hydrogen (secondary N) is 2. The summed E-state index contributed by atoms with van der Waals surface area (Å²) in [6.07, 6.45) is -0.985. The molecule has 0 fully saturated rings. The van der Waals surface area contributed by atoms with Crippen molar-refractivity contribution >= 4 is 38.4 Å². The largest absolute Gasteiger partial charge is 0.463 e. The lowest BCUT2D eigenvalue weighted by molar-refractivity contribution is -0.149. The van der Waals surface area contributed by atoms with E-state index in [9.17, 15) is 23.1 Å². The van der Waals surface area contributed by atoms with Gasteiger partial charge in [0, 0.05) is 43.1 Å². The van der Waals surface area contributed by atoms with Crippen LogP contribution in [0.25, 0.3) is 10.8 Å². The second kappa shape index (κ2) is 14.4. The SMILES string of the molecule is CC(C)C[C@H](NC(=O)[C@@H](O)[C@H](N)Cc1ccccc1)C(=O)OCCNS(=O)(=O)c1cccc2c(N(C)C)cccc12. The number of hydrogen-bond acceptors (Lipinski definition) is 8. The highest BCUT2D eigenvalue weighted by atomic mass is 32.2. The summed E-state index contributed by atoms with van der Waals surface area (Å²) in [6, 6.07) is 17.9. The van der Waals surface area contributed by atoms with Crippen molar-refractivity contribution in [3.8, 4) is 0 Å². The maximum absolute atomic E-state index is 13.1. The number of amides is 1. The number of carbonyl (C=O) groups excluding carboxylic acids is 2. The van der Waals surface area contributed by atoms with Gasteiger partial charge < -0.3 is 25.8 Å². The lowest BCUT2D eigenvalue weighted by Gasteiger charge is -2.23. The molecule has 0 aliphatic carbocycles. The standard InChI is InChI=1S/C30H40N4O6S/c1-20(2)18-25(33-29(36)28(35)24(31)19-21-10-6-5-7-11-21)30(37)40-17-16-32-41(38,39)27-15-9-12-22-23(27)13-8-14-26(22)34(3)4/h5-15,20,24-25,28,32,35H,16-19,31H2,1-4H3,(H,33,36)/t24-,25+,28+/m1/s1. The number of benzene rings is 3. The van der Waals surface area contributed by atoms with Gasteiger partial charge in [-0.15, -0.1) is 0 Å². The molecule has 0 spiro atoms. The molecule has 41 heavy (non-hydrogen) atoms. The first-order valence-electron chi connectivity index (χ1n) is 13.5. The zero-order valence-corrected chi connectivity index (χ0v) is 24.7. The van der Waals surface area contributed by atoms with Gasteiger partial charge in [0.25, 0.3) is 5.91 Å². The van der Waals surface area contributed by atoms with Gasteiger partial charge in [-0.2, -0.15) is 0 Å². The molecule has 1 amide bonds. The van der Waals surface area contributed by atoms with Gasteiger partial charge in [-0.3, -0.25) is 4.79 Å². The van der Waals surface area contributed by atoms with E-state index < -0.39 is 40.1 Å². The topological polar surface area (TPSA) is 151 Å². The molecule has 0 heterocycles. The van der Waals surface area contributed by atoms with Crippen molar-refractivity contribution in [3.63, 3.8) is 0 Å². The van der Waals surface area contributed by atoms with Crippen LogP contribution in [0.5, 0.6) is 0 Å². The monoisotopic (exact) mass is 584 g/mol. The van der Waals surface area contributed by atoms with Crippen LogP contribution in [0.3, 0.4) is 0 Å². The van der Waals surface area contributed by atoms with Gasteiger partial charge in [0.15, 0.2) is 0 Å². The number of aliphatic hydroxyl groups excluding tert-OH is 1. The fourth-order valence-electron chi connectivity index (χ4n) is 4.53. The predicted octanol–water partition coefficient (Wildman–Crippen LogP) is 2.19. The number of carbonyl (C=O) groups is 2. The van der Waals surface area contributed by atoms with Crippen molar-refractivity contribution in [2.75, 3.05) is 32.1 Å². The molecule has 0 unspecified atom stereocenters. The average molecular weight is 585 g/mol. The number of rotatable bonds is 14. The van der Waals surface area contributed by atoms with Crippen LogP contribution in [0.4, 0.5) is 5.69 Å². The van der Waals surface area contributed by atoms with Crippen molar-refractivity contribution < 1.29 is 27.9 Å². The lowest BCUT2D eigenvalue weighted by atomic mass is 10.00. The summed E-state index contributed by atoms with van der Waals surface area (Å²) in [6.45, 7) is 3.35. The Morgan fingerprint density at radius 2 is 1.63 bits per heavy atom. The molecule has 11 heteroatoms. The number of esters is 1. The van der Waals surface area contributed by atoms with Gasteiger partial charge in [-0.25, -0.2) is 17.9 Å². The van der Waals surface area contributed by atoms with Crippen LogP contribution >= 0.6 is 0 Å². The lowest BCUT2D eigenvalue weighted by Crippen LogP contribution is -2.52. The summed E-state index contributed by atoms with van der Waals surface area (Å²) >= 11 is 0. The van der Waals surface area contributed by atoms with Crippen LogP contribution < -0.4 is 20.7 Å². The summed E-state index contributed by atoms with van der Waals surface area (Å²) in [7, 11) is -0.136. The van der Waals surface area contributed by atoms with E-state index in [2.05, 4.69) is 10.0 Å². The third-order valence-corrected chi connectivity index (χ3v) is 8.08. The van der Waals surface area contributed by atoms with Crippen LogP contribution in [0.1, 0.15) is 25.8 Å². The number of ether oxygens (including phenoxy) is 1. The number of hydrogen-bond donors (Lipinski definition) is 4. The van der Waals surface area contributed by atoms with E-state index in [-0.39, 0.29) is 36.8 Å². The summed E-state index contributed by atoms with van der Waals surface area (Å²) in [4.78, 5) is 27.6. The molecule has 0 aliphatic rings. The van der Waals surface area contributed by atoms with Gasteiger partial charge in [0.1, 0.15) is 18.8 Å². The van der Waals surface area contributed by atoms with Gasteiger partial charge in [-0.1, -0.05) is 68.4 Å². The average Bonchev–Trinajstić information content (AvgIpc) is 2.93. The minimum atomic E-state index is -3.91. The minimum Gasteiger partial charge on any atom is -0.463 e. The molecule has 3 atom stereocenters. The first-order chi connectivity index (χ1) is 19.4. The number of nitrogens with two attached hydrogens (primary N) is 1. The van der Waals surface area contributed by atoms with Crippen molar-refractivity contribution in [1.82, 2.24) is 10.0 Å². The molecule has 0 aromatic heterocycles. The molecule has 3 aromatic carbocycles. The molecule has 0 saturated heterocycles. The molecular formula is C30H40N4O6S. The first-order valence-corrected chi connectivity index (χ1v) is 15.0. The summed E-state index contributed by atoms with van der Waals surface area (Å²) in [5.74, 6) is -1.47. The van der Waals surface area contributed by atoms with E-state index in [4.69, 9.17) is 10.5 Å². The number of sulfonamides is 1. The normalized spacial score (nSPS) is 13.9. The van der Waals surface area contributed by atoms with E-state index in [1.165, 1.54) is 6.07 Å². The summed E-state index contributed by atoms with van der Waals surface area (Å²) in [5, 5.41) is 14.4. The molecule has 0 radical (unpaired) electrons. The second-order valence-electron chi connectivity index (χ2n) is 10.6. The van der Waals surface area contributed by atoms with Crippen molar-refractivity contribution in [2.45, 2.75) is 49.8 Å². The molecule has 10 nitrogen and oxygen atoms in total. The first kappa shape index (κ1) is 32.0. The van der Waals surface area contributed by atoms with Crippen molar-refractivity contribution in [3.05, 3.63) is 72.3 Å². The highest BCUT2D eigenvalue weighted by molar-refractivity contribution is 7.89. The fraction of sp³-hybridized carbons (Fsp3) is 0.400. The molecular weight excluding hydrogens is 544 g/mol. The zero-order valence-electron chi connectivity index (χ0n) is 23.9. The van der Waals surface area contributed by atoms with Crippen LogP contribution in [0, 0.1) is 5.92 Å². The zero-order chi connectivity index (χ0) is 30.2. The molecule has 3 rings (SSSR count). The van der Waals surface area contributed by atoms with E-state index in [0.717, 1.165) is 16.6 Å². The fourth-order valence-corrected chi connectivity index (χ4v) is 5.76. The highest BCUT2D eigenvalue weighted by Crippen LogP contribution is 2.30. The Balaban J connectivity index is 1.59.